The molecule has 4 rings (SSSR count). The normalized spacial score (nSPS) is 10.6. The zero-order chi connectivity index (χ0) is 19.2. The molecule has 137 valence electrons. The van der Waals surface area contributed by atoms with Crippen LogP contribution in [0.25, 0.3) is 0 Å². The van der Waals surface area contributed by atoms with Gasteiger partial charge in [0, 0.05) is 0 Å². The van der Waals surface area contributed by atoms with E-state index in [0.717, 1.165) is 17.2 Å². The molecule has 0 atom stereocenters. The van der Waals surface area contributed by atoms with Gasteiger partial charge in [0.05, 0.1) is 7.11 Å². The Morgan fingerprint density at radius 2 is 0.893 bits per heavy atom. The largest absolute Gasteiger partial charge is 0.497 e. The van der Waals surface area contributed by atoms with E-state index in [1.54, 1.807) is 7.11 Å². The molecule has 2 nitrogen and oxygen atoms in total. The van der Waals surface area contributed by atoms with Crippen LogP contribution >= 0.6 is 0 Å². The second-order valence-electron chi connectivity index (χ2n) is 6.41. The van der Waals surface area contributed by atoms with Gasteiger partial charge in [0.2, 0.25) is 0 Å². The van der Waals surface area contributed by atoms with Gasteiger partial charge >= 0.3 is 0 Å². The van der Waals surface area contributed by atoms with E-state index in [1.807, 2.05) is 42.5 Å². The summed E-state index contributed by atoms with van der Waals surface area (Å²) in [6.45, 7) is 0. The van der Waals surface area contributed by atoms with Gasteiger partial charge < -0.3 is 9.47 Å². The fourth-order valence-electron chi connectivity index (χ4n) is 3.18. The van der Waals surface area contributed by atoms with Crippen molar-refractivity contribution in [2.24, 2.45) is 0 Å². The molecule has 0 fully saturated rings. The van der Waals surface area contributed by atoms with Crippen molar-refractivity contribution in [1.82, 2.24) is 0 Å². The van der Waals surface area contributed by atoms with Crippen LogP contribution in [-0.4, -0.2) is 15.9 Å². The summed E-state index contributed by atoms with van der Waals surface area (Å²) in [5.41, 5.74) is 0. The van der Waals surface area contributed by atoms with E-state index in [-0.39, 0.29) is 0 Å². The van der Waals surface area contributed by atoms with Crippen LogP contribution in [-0.2, 0) is 0 Å². The zero-order valence-corrected chi connectivity index (χ0v) is 16.7. The topological polar surface area (TPSA) is 18.5 Å². The highest BCUT2D eigenvalue weighted by atomic mass is 28.3. The average Bonchev–Trinajstić information content (AvgIpc) is 2.77. The summed E-state index contributed by atoms with van der Waals surface area (Å²) < 4.78 is 11.3. The van der Waals surface area contributed by atoms with Crippen LogP contribution in [0.2, 0.25) is 0 Å². The molecule has 0 bridgehead atoms. The summed E-state index contributed by atoms with van der Waals surface area (Å²) in [6.07, 6.45) is 0. The van der Waals surface area contributed by atoms with Crippen molar-refractivity contribution in [3.05, 3.63) is 109 Å². The van der Waals surface area contributed by atoms with E-state index in [9.17, 15) is 0 Å². The number of benzene rings is 4. The minimum Gasteiger partial charge on any atom is -0.497 e. The summed E-state index contributed by atoms with van der Waals surface area (Å²) >= 11 is 0. The Hall–Kier alpha value is -3.30. The van der Waals surface area contributed by atoms with Crippen molar-refractivity contribution < 1.29 is 9.47 Å². The Balaban J connectivity index is 1.66. The summed E-state index contributed by atoms with van der Waals surface area (Å²) in [4.78, 5) is 0. The number of hydrogen-bond donors (Lipinski definition) is 0. The Morgan fingerprint density at radius 3 is 1.43 bits per heavy atom. The standard InChI is InChI=1S/C25H21O2Si/c1-26-20-12-16-24(17-13-20)28(23-10-6-3-7-11-23)25-18-14-22(15-19-25)27-21-8-4-2-5-9-21/h2-19H,1H3. The fourth-order valence-corrected chi connectivity index (χ4v) is 5.70. The maximum absolute atomic E-state index is 5.95. The number of hydrogen-bond acceptors (Lipinski definition) is 2. The van der Waals surface area contributed by atoms with Crippen molar-refractivity contribution in [2.45, 2.75) is 0 Å². The third kappa shape index (κ3) is 4.16. The molecule has 3 heteroatoms. The highest BCUT2D eigenvalue weighted by molar-refractivity contribution is 6.95. The van der Waals surface area contributed by atoms with Gasteiger partial charge in [-0.15, -0.1) is 0 Å². The Bertz CT molecular complexity index is 998. The number of methoxy groups -OCH3 is 1. The van der Waals surface area contributed by atoms with Crippen LogP contribution in [0.15, 0.2) is 109 Å². The molecule has 0 amide bonds. The van der Waals surface area contributed by atoms with E-state index >= 15 is 0 Å². The smallest absolute Gasteiger partial charge is 0.154 e. The monoisotopic (exact) mass is 381 g/mol. The Labute approximate surface area is 167 Å². The fraction of sp³-hybridized carbons (Fsp3) is 0.0400. The van der Waals surface area contributed by atoms with Gasteiger partial charge in [-0.1, -0.05) is 88.4 Å². The molecule has 0 aliphatic rings. The van der Waals surface area contributed by atoms with Crippen LogP contribution < -0.4 is 25.0 Å². The average molecular weight is 382 g/mol. The van der Waals surface area contributed by atoms with Gasteiger partial charge in [0.1, 0.15) is 17.2 Å². The van der Waals surface area contributed by atoms with E-state index in [1.165, 1.54) is 15.6 Å². The number of ether oxygens (including phenoxy) is 2. The minimum atomic E-state index is -1.10. The molecule has 28 heavy (non-hydrogen) atoms. The van der Waals surface area contributed by atoms with Gasteiger partial charge in [-0.05, 0) is 36.4 Å². The number of para-hydroxylation sites is 1. The molecule has 0 aliphatic carbocycles. The molecule has 4 aromatic carbocycles. The maximum Gasteiger partial charge on any atom is 0.154 e. The summed E-state index contributed by atoms with van der Waals surface area (Å²) in [7, 11) is 0.596. The van der Waals surface area contributed by atoms with Crippen LogP contribution in [0.3, 0.4) is 0 Å². The maximum atomic E-state index is 5.95. The molecule has 0 heterocycles. The van der Waals surface area contributed by atoms with Crippen molar-refractivity contribution in [1.29, 1.82) is 0 Å². The lowest BCUT2D eigenvalue weighted by Gasteiger charge is -2.17. The molecule has 4 aromatic rings. The SMILES string of the molecule is COc1ccc([Si](c2ccccc2)c2ccc(Oc3ccccc3)cc2)cc1. The first-order valence-corrected chi connectivity index (χ1v) is 10.7. The highest BCUT2D eigenvalue weighted by Crippen LogP contribution is 2.19. The summed E-state index contributed by atoms with van der Waals surface area (Å²) in [5, 5.41) is 4.00. The van der Waals surface area contributed by atoms with Crippen LogP contribution in [0.1, 0.15) is 0 Å². The van der Waals surface area contributed by atoms with Crippen molar-refractivity contribution in [2.75, 3.05) is 7.11 Å². The van der Waals surface area contributed by atoms with Gasteiger partial charge in [0.15, 0.2) is 8.80 Å². The van der Waals surface area contributed by atoms with Gasteiger partial charge in [-0.2, -0.15) is 0 Å². The second kappa shape index (κ2) is 8.59. The molecular formula is C25H21O2Si. The van der Waals surface area contributed by atoms with E-state index < -0.39 is 8.80 Å². The third-order valence-electron chi connectivity index (χ3n) is 4.56. The summed E-state index contributed by atoms with van der Waals surface area (Å²) in [6, 6.07) is 37.5. The Morgan fingerprint density at radius 1 is 0.464 bits per heavy atom. The molecule has 0 saturated carbocycles. The molecule has 0 unspecified atom stereocenters. The first-order valence-electron chi connectivity index (χ1n) is 9.23. The number of rotatable bonds is 6. The van der Waals surface area contributed by atoms with E-state index in [2.05, 4.69) is 66.7 Å². The van der Waals surface area contributed by atoms with Crippen LogP contribution in [0, 0.1) is 0 Å². The lowest BCUT2D eigenvalue weighted by molar-refractivity contribution is 0.415. The predicted octanol–water partition coefficient (Wildman–Crippen LogP) is 4.00. The molecular weight excluding hydrogens is 360 g/mol. The minimum absolute atomic E-state index is 0.846. The van der Waals surface area contributed by atoms with Gasteiger partial charge in [-0.3, -0.25) is 0 Å². The van der Waals surface area contributed by atoms with Gasteiger partial charge in [-0.25, -0.2) is 0 Å². The molecule has 0 saturated heterocycles. The van der Waals surface area contributed by atoms with Crippen molar-refractivity contribution in [3.63, 3.8) is 0 Å². The van der Waals surface area contributed by atoms with Gasteiger partial charge in [0.25, 0.3) is 0 Å². The lowest BCUT2D eigenvalue weighted by Crippen LogP contribution is -2.51. The molecule has 0 N–H and O–H groups in total. The lowest BCUT2D eigenvalue weighted by atomic mass is 10.3. The quantitative estimate of drug-likeness (QED) is 0.371. The molecule has 0 aliphatic heterocycles. The van der Waals surface area contributed by atoms with Crippen molar-refractivity contribution >= 4 is 24.4 Å². The Kier molecular flexibility index (Phi) is 5.55. The first-order chi connectivity index (χ1) is 13.8. The van der Waals surface area contributed by atoms with E-state index in [4.69, 9.17) is 9.47 Å². The molecule has 1 radical (unpaired) electrons. The van der Waals surface area contributed by atoms with E-state index in [0.29, 0.717) is 0 Å². The summed E-state index contributed by atoms with van der Waals surface area (Å²) in [5.74, 6) is 2.57. The molecule has 0 spiro atoms. The third-order valence-corrected chi connectivity index (χ3v) is 7.30. The van der Waals surface area contributed by atoms with Crippen LogP contribution in [0.5, 0.6) is 17.2 Å². The van der Waals surface area contributed by atoms with Crippen LogP contribution in [0.4, 0.5) is 0 Å². The van der Waals surface area contributed by atoms with Crippen molar-refractivity contribution in [3.8, 4) is 17.2 Å². The highest BCUT2D eigenvalue weighted by Gasteiger charge is 2.19. The first kappa shape index (κ1) is 18.1. The zero-order valence-electron chi connectivity index (χ0n) is 15.7. The molecule has 0 aromatic heterocycles. The second-order valence-corrected chi connectivity index (χ2v) is 8.89. The predicted molar refractivity (Wildman–Crippen MR) is 117 cm³/mol.